The zero-order valence-electron chi connectivity index (χ0n) is 12.7. The van der Waals surface area contributed by atoms with Crippen LogP contribution in [-0.4, -0.2) is 23.2 Å². The highest BCUT2D eigenvalue weighted by molar-refractivity contribution is 6.33. The Hall–Kier alpha value is -1.82. The van der Waals surface area contributed by atoms with Crippen molar-refractivity contribution in [3.63, 3.8) is 0 Å². The van der Waals surface area contributed by atoms with Gasteiger partial charge in [0.2, 0.25) is 0 Å². The van der Waals surface area contributed by atoms with E-state index in [0.717, 1.165) is 5.56 Å². The van der Waals surface area contributed by atoms with E-state index in [1.54, 1.807) is 6.07 Å². The molecule has 0 aliphatic heterocycles. The molecule has 5 nitrogen and oxygen atoms in total. The van der Waals surface area contributed by atoms with E-state index in [0.29, 0.717) is 34.7 Å². The first-order chi connectivity index (χ1) is 10.7. The first kappa shape index (κ1) is 17.5. The summed E-state index contributed by atoms with van der Waals surface area (Å²) in [7, 11) is 1.90. The van der Waals surface area contributed by atoms with Gasteiger partial charge < -0.3 is 14.3 Å². The van der Waals surface area contributed by atoms with Crippen LogP contribution >= 0.6 is 24.0 Å². The van der Waals surface area contributed by atoms with Gasteiger partial charge in [0, 0.05) is 18.0 Å². The second-order valence-corrected chi connectivity index (χ2v) is 5.46. The molecule has 0 aliphatic carbocycles. The van der Waals surface area contributed by atoms with Crippen molar-refractivity contribution in [2.45, 2.75) is 19.4 Å². The van der Waals surface area contributed by atoms with Crippen LogP contribution in [0.2, 0.25) is 5.02 Å². The molecule has 2 aromatic heterocycles. The van der Waals surface area contributed by atoms with E-state index in [-0.39, 0.29) is 18.4 Å². The summed E-state index contributed by atoms with van der Waals surface area (Å²) in [6, 6.07) is 11.4. The van der Waals surface area contributed by atoms with Crippen LogP contribution in [-0.2, 0) is 6.42 Å². The van der Waals surface area contributed by atoms with Gasteiger partial charge in [0.05, 0.1) is 5.02 Å². The first-order valence-corrected chi connectivity index (χ1v) is 7.40. The van der Waals surface area contributed by atoms with Gasteiger partial charge in [-0.05, 0) is 38.2 Å². The minimum atomic E-state index is 0. The van der Waals surface area contributed by atoms with Gasteiger partial charge >= 0.3 is 0 Å². The zero-order valence-corrected chi connectivity index (χ0v) is 14.3. The third-order valence-corrected chi connectivity index (χ3v) is 3.74. The summed E-state index contributed by atoms with van der Waals surface area (Å²) in [6.07, 6.45) is 0.693. The molecule has 0 saturated carbocycles. The van der Waals surface area contributed by atoms with Crippen molar-refractivity contribution in [3.8, 4) is 23.0 Å². The average Bonchev–Trinajstić information content (AvgIpc) is 3.16. The molecule has 0 fully saturated rings. The molecular formula is C16H17Cl2N3O2. The van der Waals surface area contributed by atoms with E-state index < -0.39 is 0 Å². The summed E-state index contributed by atoms with van der Waals surface area (Å²) < 4.78 is 11.0. The van der Waals surface area contributed by atoms with Crippen molar-refractivity contribution >= 4 is 24.0 Å². The monoisotopic (exact) mass is 353 g/mol. The normalized spacial score (nSPS) is 12.0. The second-order valence-electron chi connectivity index (χ2n) is 5.05. The maximum absolute atomic E-state index is 6.17. The maximum Gasteiger partial charge on any atom is 0.293 e. The van der Waals surface area contributed by atoms with Gasteiger partial charge in [0.1, 0.15) is 5.76 Å². The van der Waals surface area contributed by atoms with E-state index in [1.807, 2.05) is 37.4 Å². The summed E-state index contributed by atoms with van der Waals surface area (Å²) in [5, 5.41) is 7.74. The number of aromatic nitrogens is 2. The van der Waals surface area contributed by atoms with Crippen molar-refractivity contribution in [1.29, 1.82) is 0 Å². The minimum absolute atomic E-state index is 0. The highest BCUT2D eigenvalue weighted by atomic mass is 35.5. The Labute approximate surface area is 145 Å². The molecule has 0 aliphatic rings. The number of likely N-dealkylation sites (N-methyl/N-ethyl adjacent to an activating group) is 1. The lowest BCUT2D eigenvalue weighted by Crippen LogP contribution is -2.24. The lowest BCUT2D eigenvalue weighted by molar-refractivity contribution is 0.406. The molecule has 0 radical (unpaired) electrons. The first-order valence-electron chi connectivity index (χ1n) is 7.02. The molecular weight excluding hydrogens is 337 g/mol. The molecule has 0 amide bonds. The molecule has 2 heterocycles. The Balaban J connectivity index is 0.00000192. The third kappa shape index (κ3) is 3.93. The van der Waals surface area contributed by atoms with E-state index in [1.165, 1.54) is 0 Å². The third-order valence-electron chi connectivity index (χ3n) is 3.41. The zero-order chi connectivity index (χ0) is 15.5. The summed E-state index contributed by atoms with van der Waals surface area (Å²) >= 11 is 6.17. The minimum Gasteiger partial charge on any atom is -0.451 e. The number of hydrogen-bond donors (Lipinski definition) is 1. The Morgan fingerprint density at radius 3 is 2.65 bits per heavy atom. The fourth-order valence-corrected chi connectivity index (χ4v) is 2.30. The summed E-state index contributed by atoms with van der Waals surface area (Å²) in [5.74, 6) is 2.22. The van der Waals surface area contributed by atoms with Crippen molar-refractivity contribution < 1.29 is 8.94 Å². The predicted octanol–water partition coefficient (Wildman–Crippen LogP) is 4.22. The summed E-state index contributed by atoms with van der Waals surface area (Å²) in [5.41, 5.74) is 0.832. The van der Waals surface area contributed by atoms with Crippen molar-refractivity contribution in [1.82, 2.24) is 15.5 Å². The molecule has 3 rings (SSSR count). The lowest BCUT2D eigenvalue weighted by atomic mass is 10.2. The Kier molecular flexibility index (Phi) is 5.82. The number of benzene rings is 1. The molecule has 1 N–H and O–H groups in total. The lowest BCUT2D eigenvalue weighted by Gasteiger charge is -2.04. The van der Waals surface area contributed by atoms with Crippen molar-refractivity contribution in [2.75, 3.05) is 7.05 Å². The topological polar surface area (TPSA) is 64.1 Å². The number of nitrogens with zero attached hydrogens (tertiary/aromatic N) is 2. The average molecular weight is 354 g/mol. The Bertz CT molecular complexity index is 770. The molecule has 23 heavy (non-hydrogen) atoms. The summed E-state index contributed by atoms with van der Waals surface area (Å²) in [6.45, 7) is 2.05. The van der Waals surface area contributed by atoms with E-state index in [9.17, 15) is 0 Å². The number of rotatable bonds is 5. The number of nitrogens with one attached hydrogen (secondary N) is 1. The molecule has 1 unspecified atom stereocenters. The molecule has 122 valence electrons. The SMILES string of the molecule is CNC(C)Cc1noc(-c2ccc(-c3ccccc3Cl)o2)n1.Cl. The van der Waals surface area contributed by atoms with Gasteiger partial charge in [-0.25, -0.2) is 0 Å². The molecule has 0 bridgehead atoms. The van der Waals surface area contributed by atoms with Gasteiger partial charge in [0.25, 0.3) is 5.89 Å². The van der Waals surface area contributed by atoms with Crippen LogP contribution in [0.25, 0.3) is 23.0 Å². The van der Waals surface area contributed by atoms with Crippen molar-refractivity contribution in [3.05, 3.63) is 47.2 Å². The maximum atomic E-state index is 6.17. The quantitative estimate of drug-likeness (QED) is 0.743. The second kappa shape index (κ2) is 7.64. The highest BCUT2D eigenvalue weighted by Gasteiger charge is 2.15. The van der Waals surface area contributed by atoms with E-state index >= 15 is 0 Å². The Morgan fingerprint density at radius 1 is 1.17 bits per heavy atom. The van der Waals surface area contributed by atoms with Crippen molar-refractivity contribution in [2.24, 2.45) is 0 Å². The van der Waals surface area contributed by atoms with Gasteiger partial charge in [-0.3, -0.25) is 0 Å². The van der Waals surface area contributed by atoms with Crippen LogP contribution in [0.1, 0.15) is 12.7 Å². The van der Waals surface area contributed by atoms with Gasteiger partial charge in [-0.15, -0.1) is 12.4 Å². The van der Waals surface area contributed by atoms with Crippen LogP contribution in [0.4, 0.5) is 0 Å². The van der Waals surface area contributed by atoms with Gasteiger partial charge in [-0.2, -0.15) is 4.98 Å². The molecule has 1 aromatic carbocycles. The van der Waals surface area contributed by atoms with Gasteiger partial charge in [0.15, 0.2) is 11.6 Å². The number of furan rings is 1. The number of halogens is 2. The largest absolute Gasteiger partial charge is 0.451 e. The smallest absolute Gasteiger partial charge is 0.293 e. The van der Waals surface area contributed by atoms with Crippen LogP contribution in [0.3, 0.4) is 0 Å². The molecule has 0 spiro atoms. The fourth-order valence-electron chi connectivity index (χ4n) is 2.07. The van der Waals surface area contributed by atoms with Crippen LogP contribution in [0.15, 0.2) is 45.3 Å². The standard InChI is InChI=1S/C16H16ClN3O2.ClH/c1-10(18-2)9-15-19-16(22-20-15)14-8-7-13(21-14)11-5-3-4-6-12(11)17;/h3-8,10,18H,9H2,1-2H3;1H. The Morgan fingerprint density at radius 2 is 1.91 bits per heavy atom. The number of hydrogen-bond acceptors (Lipinski definition) is 5. The molecule has 7 heteroatoms. The predicted molar refractivity (Wildman–Crippen MR) is 91.9 cm³/mol. The highest BCUT2D eigenvalue weighted by Crippen LogP contribution is 2.31. The van der Waals surface area contributed by atoms with E-state index in [4.69, 9.17) is 20.5 Å². The van der Waals surface area contributed by atoms with E-state index in [2.05, 4.69) is 22.4 Å². The summed E-state index contributed by atoms with van der Waals surface area (Å²) in [4.78, 5) is 4.35. The molecule has 1 atom stereocenters. The molecule has 3 aromatic rings. The van der Waals surface area contributed by atoms with Crippen LogP contribution < -0.4 is 5.32 Å². The fraction of sp³-hybridized carbons (Fsp3) is 0.250. The molecule has 0 saturated heterocycles. The van der Waals surface area contributed by atoms with Crippen LogP contribution in [0, 0.1) is 0 Å². The van der Waals surface area contributed by atoms with Gasteiger partial charge in [-0.1, -0.05) is 28.9 Å². The van der Waals surface area contributed by atoms with Crippen LogP contribution in [0.5, 0.6) is 0 Å².